The Labute approximate surface area is 105 Å². The fraction of sp³-hybridized carbons (Fsp3) is 0.417. The lowest BCUT2D eigenvalue weighted by atomic mass is 10.1. The van der Waals surface area contributed by atoms with E-state index in [9.17, 15) is 0 Å². The molecule has 1 aromatic carbocycles. The van der Waals surface area contributed by atoms with E-state index in [0.29, 0.717) is 5.96 Å². The molecule has 0 aliphatic rings. The average molecular weight is 284 g/mol. The van der Waals surface area contributed by atoms with Gasteiger partial charge in [0, 0.05) is 16.7 Å². The monoisotopic (exact) mass is 283 g/mol. The number of hydrogen-bond acceptors (Lipinski definition) is 1. The fourth-order valence-electron chi connectivity index (χ4n) is 1.39. The third-order valence-electron chi connectivity index (χ3n) is 2.22. The minimum Gasteiger partial charge on any atom is -0.370 e. The Bertz CT molecular complexity index is 375. The molecule has 0 saturated heterocycles. The van der Waals surface area contributed by atoms with Crippen LogP contribution in [0.3, 0.4) is 0 Å². The summed E-state index contributed by atoms with van der Waals surface area (Å²) < 4.78 is 1.08. The molecule has 0 heterocycles. The first-order valence-electron chi connectivity index (χ1n) is 5.52. The molecule has 0 amide bonds. The molecule has 16 heavy (non-hydrogen) atoms. The number of benzene rings is 1. The van der Waals surface area contributed by atoms with Gasteiger partial charge in [-0.3, -0.25) is 4.99 Å². The summed E-state index contributed by atoms with van der Waals surface area (Å²) in [4.78, 5) is 4.21. The smallest absolute Gasteiger partial charge is 0.193 e. The molecule has 3 nitrogen and oxygen atoms in total. The first-order valence-corrected chi connectivity index (χ1v) is 6.32. The van der Waals surface area contributed by atoms with Gasteiger partial charge in [-0.15, -0.1) is 0 Å². The Balaban J connectivity index is 2.80. The number of rotatable bonds is 4. The van der Waals surface area contributed by atoms with E-state index in [0.717, 1.165) is 29.5 Å². The molecule has 1 rings (SSSR count). The molecule has 0 aromatic heterocycles. The van der Waals surface area contributed by atoms with E-state index >= 15 is 0 Å². The molecular formula is C12H18BrN3. The second-order valence-corrected chi connectivity index (χ2v) is 4.46. The van der Waals surface area contributed by atoms with Crippen LogP contribution in [-0.2, 0) is 6.42 Å². The van der Waals surface area contributed by atoms with Gasteiger partial charge in [0.15, 0.2) is 5.96 Å². The Hall–Kier alpha value is -1.03. The summed E-state index contributed by atoms with van der Waals surface area (Å²) in [5.41, 5.74) is 8.04. The molecule has 0 bridgehead atoms. The van der Waals surface area contributed by atoms with Crippen LogP contribution in [-0.4, -0.2) is 12.5 Å². The van der Waals surface area contributed by atoms with Crippen molar-refractivity contribution in [2.75, 3.05) is 11.9 Å². The van der Waals surface area contributed by atoms with Gasteiger partial charge in [-0.05, 0) is 36.6 Å². The zero-order valence-electron chi connectivity index (χ0n) is 9.76. The quantitative estimate of drug-likeness (QED) is 0.659. The van der Waals surface area contributed by atoms with Crippen molar-refractivity contribution in [1.29, 1.82) is 0 Å². The average Bonchev–Trinajstić information content (AvgIpc) is 2.28. The minimum atomic E-state index is 0.485. The summed E-state index contributed by atoms with van der Waals surface area (Å²) in [7, 11) is 0. The Morgan fingerprint density at radius 3 is 2.81 bits per heavy atom. The maximum atomic E-state index is 5.78. The summed E-state index contributed by atoms with van der Waals surface area (Å²) in [5, 5.41) is 3.13. The Kier molecular flexibility index (Phi) is 5.32. The normalized spacial score (nSPS) is 11.6. The lowest BCUT2D eigenvalue weighted by Crippen LogP contribution is -2.23. The molecule has 0 spiro atoms. The van der Waals surface area contributed by atoms with E-state index in [1.54, 1.807) is 0 Å². The lowest BCUT2D eigenvalue weighted by Gasteiger charge is -2.10. The number of guanidine groups is 1. The van der Waals surface area contributed by atoms with Crippen molar-refractivity contribution in [1.82, 2.24) is 0 Å². The second-order valence-electron chi connectivity index (χ2n) is 3.55. The number of nitrogens with two attached hydrogens (primary N) is 1. The second kappa shape index (κ2) is 6.53. The fourth-order valence-corrected chi connectivity index (χ4v) is 1.80. The lowest BCUT2D eigenvalue weighted by molar-refractivity contribution is 0.929. The van der Waals surface area contributed by atoms with Crippen LogP contribution in [0, 0.1) is 0 Å². The summed E-state index contributed by atoms with van der Waals surface area (Å²) in [6.07, 6.45) is 1.96. The standard InChI is InChI=1S/C12H18BrN3/c1-3-7-15-12(14)16-11-6-5-10(13)8-9(11)4-2/h5-6,8H,3-4,7H2,1-2H3,(H3,14,15,16). The van der Waals surface area contributed by atoms with Crippen LogP contribution in [0.15, 0.2) is 27.7 Å². The van der Waals surface area contributed by atoms with Crippen molar-refractivity contribution in [3.05, 3.63) is 28.2 Å². The highest BCUT2D eigenvalue weighted by atomic mass is 79.9. The van der Waals surface area contributed by atoms with E-state index in [1.165, 1.54) is 5.56 Å². The van der Waals surface area contributed by atoms with Gasteiger partial charge in [-0.25, -0.2) is 0 Å². The van der Waals surface area contributed by atoms with Crippen LogP contribution in [0.4, 0.5) is 5.69 Å². The molecule has 0 fully saturated rings. The Morgan fingerprint density at radius 1 is 1.44 bits per heavy atom. The first kappa shape index (κ1) is 13.0. The number of aliphatic imine (C=N–C) groups is 1. The molecule has 0 aliphatic carbocycles. The SMILES string of the molecule is CCCN=C(N)Nc1ccc(Br)cc1CC. The van der Waals surface area contributed by atoms with E-state index in [-0.39, 0.29) is 0 Å². The molecule has 4 heteroatoms. The van der Waals surface area contributed by atoms with E-state index in [2.05, 4.69) is 46.2 Å². The zero-order chi connectivity index (χ0) is 12.0. The highest BCUT2D eigenvalue weighted by Crippen LogP contribution is 2.21. The van der Waals surface area contributed by atoms with Crippen LogP contribution in [0.2, 0.25) is 0 Å². The minimum absolute atomic E-state index is 0.485. The highest BCUT2D eigenvalue weighted by Gasteiger charge is 2.02. The van der Waals surface area contributed by atoms with Crippen molar-refractivity contribution >= 4 is 27.6 Å². The van der Waals surface area contributed by atoms with Crippen LogP contribution in [0.1, 0.15) is 25.8 Å². The van der Waals surface area contributed by atoms with E-state index in [4.69, 9.17) is 5.73 Å². The number of anilines is 1. The third-order valence-corrected chi connectivity index (χ3v) is 2.71. The maximum absolute atomic E-state index is 5.78. The predicted octanol–water partition coefficient (Wildman–Crippen LogP) is 3.15. The van der Waals surface area contributed by atoms with Gasteiger partial charge in [0.05, 0.1) is 0 Å². The van der Waals surface area contributed by atoms with Crippen molar-refractivity contribution < 1.29 is 0 Å². The van der Waals surface area contributed by atoms with Crippen molar-refractivity contribution in [3.8, 4) is 0 Å². The zero-order valence-corrected chi connectivity index (χ0v) is 11.3. The molecule has 0 unspecified atom stereocenters. The number of nitrogens with zero attached hydrogens (tertiary/aromatic N) is 1. The molecule has 0 saturated carbocycles. The van der Waals surface area contributed by atoms with Gasteiger partial charge in [0.1, 0.15) is 0 Å². The van der Waals surface area contributed by atoms with E-state index in [1.807, 2.05) is 12.1 Å². The maximum Gasteiger partial charge on any atom is 0.193 e. The number of nitrogens with one attached hydrogen (secondary N) is 1. The van der Waals surface area contributed by atoms with Gasteiger partial charge in [0.2, 0.25) is 0 Å². The van der Waals surface area contributed by atoms with Crippen molar-refractivity contribution in [2.45, 2.75) is 26.7 Å². The van der Waals surface area contributed by atoms with Crippen LogP contribution < -0.4 is 11.1 Å². The molecular weight excluding hydrogens is 266 g/mol. The predicted molar refractivity (Wildman–Crippen MR) is 73.9 cm³/mol. The summed E-state index contributed by atoms with van der Waals surface area (Å²) in [6, 6.07) is 6.10. The molecule has 1 aromatic rings. The summed E-state index contributed by atoms with van der Waals surface area (Å²) >= 11 is 3.46. The van der Waals surface area contributed by atoms with Crippen LogP contribution >= 0.6 is 15.9 Å². The van der Waals surface area contributed by atoms with Gasteiger partial charge in [-0.1, -0.05) is 29.8 Å². The molecule has 0 atom stereocenters. The molecule has 3 N–H and O–H groups in total. The summed E-state index contributed by atoms with van der Waals surface area (Å²) in [6.45, 7) is 4.96. The van der Waals surface area contributed by atoms with Gasteiger partial charge < -0.3 is 11.1 Å². The van der Waals surface area contributed by atoms with Crippen LogP contribution in [0.25, 0.3) is 0 Å². The van der Waals surface area contributed by atoms with Crippen LogP contribution in [0.5, 0.6) is 0 Å². The first-order chi connectivity index (χ1) is 7.67. The van der Waals surface area contributed by atoms with Gasteiger partial charge >= 0.3 is 0 Å². The molecule has 88 valence electrons. The van der Waals surface area contributed by atoms with Gasteiger partial charge in [-0.2, -0.15) is 0 Å². The molecule has 0 aliphatic heterocycles. The topological polar surface area (TPSA) is 50.4 Å². The third kappa shape index (κ3) is 3.85. The largest absolute Gasteiger partial charge is 0.370 e. The number of hydrogen-bond donors (Lipinski definition) is 2. The van der Waals surface area contributed by atoms with Gasteiger partial charge in [0.25, 0.3) is 0 Å². The molecule has 0 radical (unpaired) electrons. The van der Waals surface area contributed by atoms with Crippen molar-refractivity contribution in [2.24, 2.45) is 10.7 Å². The number of aryl methyl sites for hydroxylation is 1. The van der Waals surface area contributed by atoms with E-state index < -0.39 is 0 Å². The summed E-state index contributed by atoms with van der Waals surface area (Å²) in [5.74, 6) is 0.485. The highest BCUT2D eigenvalue weighted by molar-refractivity contribution is 9.10. The number of halogens is 1. The van der Waals surface area contributed by atoms with Crippen molar-refractivity contribution in [3.63, 3.8) is 0 Å². The Morgan fingerprint density at radius 2 is 2.19 bits per heavy atom.